The van der Waals surface area contributed by atoms with E-state index in [1.54, 1.807) is 17.7 Å². The fourth-order valence-electron chi connectivity index (χ4n) is 3.84. The van der Waals surface area contributed by atoms with Crippen molar-refractivity contribution in [3.8, 4) is 5.75 Å². The lowest BCUT2D eigenvalue weighted by molar-refractivity contribution is -0.116. The highest BCUT2D eigenvalue weighted by Crippen LogP contribution is 2.31. The summed E-state index contributed by atoms with van der Waals surface area (Å²) in [6, 6.07) is 13.2. The van der Waals surface area contributed by atoms with Crippen molar-refractivity contribution in [1.82, 2.24) is 9.55 Å². The molecule has 1 amide bonds. The molecule has 1 aliphatic rings. The van der Waals surface area contributed by atoms with E-state index in [-0.39, 0.29) is 17.2 Å². The summed E-state index contributed by atoms with van der Waals surface area (Å²) in [5.74, 6) is 1.07. The van der Waals surface area contributed by atoms with Crippen molar-refractivity contribution >= 4 is 34.3 Å². The van der Waals surface area contributed by atoms with E-state index in [0.29, 0.717) is 29.1 Å². The molecule has 7 heteroatoms. The van der Waals surface area contributed by atoms with Crippen molar-refractivity contribution in [3.05, 3.63) is 58.4 Å². The fourth-order valence-corrected chi connectivity index (χ4v) is 4.74. The minimum absolute atomic E-state index is 0.0246. The first-order valence-electron chi connectivity index (χ1n) is 10.2. The van der Waals surface area contributed by atoms with Crippen LogP contribution in [-0.2, 0) is 17.8 Å². The Morgan fingerprint density at radius 3 is 2.87 bits per heavy atom. The summed E-state index contributed by atoms with van der Waals surface area (Å²) in [5.41, 5.74) is 2.70. The molecule has 3 aromatic rings. The first-order valence-corrected chi connectivity index (χ1v) is 11.2. The molecule has 0 unspecified atom stereocenters. The Balaban J connectivity index is 1.58. The number of carbonyl (C=O) groups is 1. The molecule has 0 saturated carbocycles. The van der Waals surface area contributed by atoms with Crippen LogP contribution in [0.1, 0.15) is 25.3 Å². The standard InChI is InChI=1S/C23H25N3O3S/c1-3-12-26-22(28)18-8-4-5-9-19(18)24-23(26)30-15-21(27)25-13-6-7-16-14-17(29-2)10-11-20(16)25/h4-5,8-11,14H,3,6-7,12-13,15H2,1-2H3. The second kappa shape index (κ2) is 8.92. The highest BCUT2D eigenvalue weighted by molar-refractivity contribution is 7.99. The number of nitrogens with zero attached hydrogens (tertiary/aromatic N) is 3. The summed E-state index contributed by atoms with van der Waals surface area (Å²) >= 11 is 1.34. The summed E-state index contributed by atoms with van der Waals surface area (Å²) in [5, 5.41) is 1.21. The van der Waals surface area contributed by atoms with Crippen molar-refractivity contribution < 1.29 is 9.53 Å². The smallest absolute Gasteiger partial charge is 0.262 e. The van der Waals surface area contributed by atoms with Crippen LogP contribution in [0.15, 0.2) is 52.4 Å². The van der Waals surface area contributed by atoms with Crippen LogP contribution in [0.25, 0.3) is 10.9 Å². The first kappa shape index (κ1) is 20.5. The molecule has 1 aliphatic heterocycles. The van der Waals surface area contributed by atoms with Crippen LogP contribution in [0.5, 0.6) is 5.75 Å². The number of hydrogen-bond donors (Lipinski definition) is 0. The summed E-state index contributed by atoms with van der Waals surface area (Å²) in [6.45, 7) is 3.31. The zero-order valence-corrected chi connectivity index (χ0v) is 18.1. The van der Waals surface area contributed by atoms with Gasteiger partial charge in [-0.05, 0) is 55.2 Å². The van der Waals surface area contributed by atoms with E-state index in [2.05, 4.69) is 4.98 Å². The van der Waals surface area contributed by atoms with E-state index < -0.39 is 0 Å². The van der Waals surface area contributed by atoms with Gasteiger partial charge in [-0.1, -0.05) is 30.8 Å². The Kier molecular flexibility index (Phi) is 6.08. The maximum Gasteiger partial charge on any atom is 0.262 e. The van der Waals surface area contributed by atoms with Crippen LogP contribution in [-0.4, -0.2) is 34.9 Å². The van der Waals surface area contributed by atoms with Gasteiger partial charge in [0.15, 0.2) is 5.16 Å². The third-order valence-electron chi connectivity index (χ3n) is 5.30. The lowest BCUT2D eigenvalue weighted by atomic mass is 10.0. The Morgan fingerprint density at radius 1 is 1.23 bits per heavy atom. The Labute approximate surface area is 179 Å². The molecule has 0 spiro atoms. The third-order valence-corrected chi connectivity index (χ3v) is 6.27. The van der Waals surface area contributed by atoms with Crippen molar-refractivity contribution in [1.29, 1.82) is 0 Å². The minimum atomic E-state index is -0.0483. The Morgan fingerprint density at radius 2 is 2.07 bits per heavy atom. The molecule has 0 aliphatic carbocycles. The molecule has 0 saturated heterocycles. The number of benzene rings is 2. The second-order valence-electron chi connectivity index (χ2n) is 7.30. The molecule has 4 rings (SSSR count). The second-order valence-corrected chi connectivity index (χ2v) is 8.24. The van der Waals surface area contributed by atoms with Gasteiger partial charge in [0.05, 0.1) is 23.8 Å². The number of carbonyl (C=O) groups excluding carboxylic acids is 1. The van der Waals surface area contributed by atoms with Gasteiger partial charge in [0.2, 0.25) is 5.91 Å². The molecule has 0 N–H and O–H groups in total. The third kappa shape index (κ3) is 3.94. The molecule has 0 fully saturated rings. The first-order chi connectivity index (χ1) is 14.6. The van der Waals surface area contributed by atoms with Gasteiger partial charge in [-0.25, -0.2) is 4.98 Å². The highest BCUT2D eigenvalue weighted by atomic mass is 32.2. The topological polar surface area (TPSA) is 64.4 Å². The molecule has 2 heterocycles. The average Bonchev–Trinajstić information content (AvgIpc) is 2.78. The van der Waals surface area contributed by atoms with Crippen LogP contribution in [0, 0.1) is 0 Å². The summed E-state index contributed by atoms with van der Waals surface area (Å²) in [7, 11) is 1.65. The molecule has 2 aromatic carbocycles. The summed E-state index contributed by atoms with van der Waals surface area (Å²) in [6.07, 6.45) is 2.68. The van der Waals surface area contributed by atoms with Crippen molar-refractivity contribution in [2.24, 2.45) is 0 Å². The largest absolute Gasteiger partial charge is 0.497 e. The maximum atomic E-state index is 13.1. The van der Waals surface area contributed by atoms with Crippen molar-refractivity contribution in [3.63, 3.8) is 0 Å². The number of rotatable bonds is 6. The van der Waals surface area contributed by atoms with Crippen LogP contribution < -0.4 is 15.2 Å². The number of hydrogen-bond acceptors (Lipinski definition) is 5. The number of amides is 1. The van der Waals surface area contributed by atoms with E-state index >= 15 is 0 Å². The van der Waals surface area contributed by atoms with E-state index in [4.69, 9.17) is 4.74 Å². The number of aromatic nitrogens is 2. The molecule has 6 nitrogen and oxygen atoms in total. The molecule has 30 heavy (non-hydrogen) atoms. The van der Waals surface area contributed by atoms with Crippen molar-refractivity contribution in [2.75, 3.05) is 24.3 Å². The van der Waals surface area contributed by atoms with Gasteiger partial charge < -0.3 is 9.64 Å². The zero-order valence-electron chi connectivity index (χ0n) is 17.3. The molecular weight excluding hydrogens is 398 g/mol. The van der Waals surface area contributed by atoms with E-state index in [1.165, 1.54) is 11.8 Å². The van der Waals surface area contributed by atoms with Gasteiger partial charge in [-0.15, -0.1) is 0 Å². The zero-order chi connectivity index (χ0) is 21.1. The number of anilines is 1. The van der Waals surface area contributed by atoms with E-state index in [9.17, 15) is 9.59 Å². The van der Waals surface area contributed by atoms with Gasteiger partial charge in [-0.3, -0.25) is 14.2 Å². The predicted molar refractivity (Wildman–Crippen MR) is 121 cm³/mol. The molecule has 0 bridgehead atoms. The number of para-hydroxylation sites is 1. The predicted octanol–water partition coefficient (Wildman–Crippen LogP) is 3.89. The van der Waals surface area contributed by atoms with Gasteiger partial charge >= 0.3 is 0 Å². The normalized spacial score (nSPS) is 13.3. The molecular formula is C23H25N3O3S. The number of thioether (sulfide) groups is 1. The average molecular weight is 424 g/mol. The van der Waals surface area contributed by atoms with Crippen LogP contribution >= 0.6 is 11.8 Å². The molecule has 0 radical (unpaired) electrons. The lowest BCUT2D eigenvalue weighted by Gasteiger charge is -2.29. The Hall–Kier alpha value is -2.80. The van der Waals surface area contributed by atoms with Crippen LogP contribution in [0.4, 0.5) is 5.69 Å². The van der Waals surface area contributed by atoms with Crippen LogP contribution in [0.2, 0.25) is 0 Å². The molecule has 0 atom stereocenters. The van der Waals surface area contributed by atoms with Gasteiger partial charge in [0.1, 0.15) is 5.75 Å². The van der Waals surface area contributed by atoms with Gasteiger partial charge in [0, 0.05) is 18.8 Å². The Bertz CT molecular complexity index is 1140. The van der Waals surface area contributed by atoms with E-state index in [1.807, 2.05) is 48.2 Å². The van der Waals surface area contributed by atoms with E-state index in [0.717, 1.165) is 36.3 Å². The number of aryl methyl sites for hydroxylation is 1. The number of ether oxygens (including phenoxy) is 1. The highest BCUT2D eigenvalue weighted by Gasteiger charge is 2.23. The van der Waals surface area contributed by atoms with Gasteiger partial charge in [-0.2, -0.15) is 0 Å². The lowest BCUT2D eigenvalue weighted by Crippen LogP contribution is -2.37. The number of methoxy groups -OCH3 is 1. The van der Waals surface area contributed by atoms with Gasteiger partial charge in [0.25, 0.3) is 5.56 Å². The quantitative estimate of drug-likeness (QED) is 0.445. The monoisotopic (exact) mass is 423 g/mol. The molecule has 1 aromatic heterocycles. The molecule has 156 valence electrons. The minimum Gasteiger partial charge on any atom is -0.497 e. The SMILES string of the molecule is CCCn1c(SCC(=O)N2CCCc3cc(OC)ccc32)nc2ccccc2c1=O. The fraction of sp³-hybridized carbons (Fsp3) is 0.348. The summed E-state index contributed by atoms with van der Waals surface area (Å²) in [4.78, 5) is 32.5. The van der Waals surface area contributed by atoms with Crippen LogP contribution in [0.3, 0.4) is 0 Å². The summed E-state index contributed by atoms with van der Waals surface area (Å²) < 4.78 is 7.01. The maximum absolute atomic E-state index is 13.1. The number of fused-ring (bicyclic) bond motifs is 2. The van der Waals surface area contributed by atoms with Crippen molar-refractivity contribution in [2.45, 2.75) is 37.9 Å².